The van der Waals surface area contributed by atoms with Gasteiger partial charge in [0.1, 0.15) is 0 Å². The largest absolute Gasteiger partial charge is 0.373 e. The number of ether oxygens (including phenoxy) is 1. The van der Waals surface area contributed by atoms with Crippen LogP contribution >= 0.6 is 0 Å². The molecule has 3 aromatic carbocycles. The molecular weight excluding hydrogens is 232 g/mol. The molecule has 0 radical (unpaired) electrons. The minimum absolute atomic E-state index is 0.231. The Labute approximate surface area is 112 Å². The first kappa shape index (κ1) is 11.0. The molecule has 0 aliphatic heterocycles. The number of hydrogen-bond acceptors (Lipinski definition) is 1. The van der Waals surface area contributed by atoms with Gasteiger partial charge in [0.25, 0.3) is 0 Å². The van der Waals surface area contributed by atoms with Gasteiger partial charge in [0.05, 0.1) is 6.10 Å². The Bertz CT molecular complexity index is 773. The van der Waals surface area contributed by atoms with E-state index in [0.717, 1.165) is 13.0 Å². The number of rotatable bonds is 2. The van der Waals surface area contributed by atoms with E-state index < -0.39 is 0 Å². The van der Waals surface area contributed by atoms with Crippen molar-refractivity contribution in [3.8, 4) is 0 Å². The van der Waals surface area contributed by atoms with Crippen LogP contribution in [-0.4, -0.2) is 6.61 Å². The summed E-state index contributed by atoms with van der Waals surface area (Å²) in [6.07, 6.45) is 1.24. The van der Waals surface area contributed by atoms with Gasteiger partial charge in [-0.3, -0.25) is 0 Å². The smallest absolute Gasteiger partial charge is 0.0871 e. The van der Waals surface area contributed by atoms with Gasteiger partial charge in [-0.1, -0.05) is 42.5 Å². The second-order valence-electron chi connectivity index (χ2n) is 5.17. The molecule has 1 unspecified atom stereocenters. The van der Waals surface area contributed by atoms with E-state index in [1.54, 1.807) is 0 Å². The molecule has 3 aromatic rings. The van der Waals surface area contributed by atoms with Crippen molar-refractivity contribution in [1.82, 2.24) is 0 Å². The lowest BCUT2D eigenvalue weighted by atomic mass is 9.98. The van der Waals surface area contributed by atoms with Gasteiger partial charge >= 0.3 is 0 Å². The van der Waals surface area contributed by atoms with Crippen LogP contribution in [0.4, 0.5) is 0 Å². The third kappa shape index (κ3) is 1.52. The second kappa shape index (κ2) is 4.07. The molecule has 0 saturated heterocycles. The Morgan fingerprint density at radius 3 is 2.79 bits per heavy atom. The highest BCUT2D eigenvalue weighted by atomic mass is 16.5. The van der Waals surface area contributed by atoms with Crippen LogP contribution in [0.15, 0.2) is 48.5 Å². The monoisotopic (exact) mass is 248 g/mol. The molecule has 0 amide bonds. The van der Waals surface area contributed by atoms with Gasteiger partial charge in [0, 0.05) is 13.0 Å². The van der Waals surface area contributed by atoms with E-state index in [1.165, 1.54) is 32.7 Å². The van der Waals surface area contributed by atoms with E-state index in [-0.39, 0.29) is 6.10 Å². The van der Waals surface area contributed by atoms with Crippen LogP contribution in [0, 0.1) is 0 Å². The Hall–Kier alpha value is -1.86. The van der Waals surface area contributed by atoms with Gasteiger partial charge in [-0.15, -0.1) is 0 Å². The van der Waals surface area contributed by atoms with Gasteiger partial charge in [-0.05, 0) is 45.7 Å². The molecular formula is C18H16O. The molecule has 0 aromatic heterocycles. The van der Waals surface area contributed by atoms with Gasteiger partial charge < -0.3 is 4.74 Å². The fraction of sp³-hybridized carbons (Fsp3) is 0.222. The van der Waals surface area contributed by atoms with Crippen LogP contribution < -0.4 is 0 Å². The van der Waals surface area contributed by atoms with Gasteiger partial charge in [-0.25, -0.2) is 0 Å². The molecule has 0 saturated carbocycles. The summed E-state index contributed by atoms with van der Waals surface area (Å²) in [7, 11) is 0. The van der Waals surface area contributed by atoms with Crippen molar-refractivity contribution >= 4 is 21.5 Å². The molecule has 0 spiro atoms. The predicted octanol–water partition coefficient (Wildman–Crippen LogP) is 4.63. The fourth-order valence-electron chi connectivity index (χ4n) is 3.38. The van der Waals surface area contributed by atoms with Crippen molar-refractivity contribution in [2.24, 2.45) is 0 Å². The zero-order chi connectivity index (χ0) is 12.8. The summed E-state index contributed by atoms with van der Waals surface area (Å²) in [5, 5.41) is 5.47. The fourth-order valence-corrected chi connectivity index (χ4v) is 3.38. The lowest BCUT2D eigenvalue weighted by molar-refractivity contribution is 0.0675. The van der Waals surface area contributed by atoms with Crippen molar-refractivity contribution in [1.29, 1.82) is 0 Å². The molecule has 1 atom stereocenters. The summed E-state index contributed by atoms with van der Waals surface area (Å²) < 4.78 is 5.92. The maximum absolute atomic E-state index is 5.92. The lowest BCUT2D eigenvalue weighted by Crippen LogP contribution is -2.01. The third-order valence-electron chi connectivity index (χ3n) is 4.13. The topological polar surface area (TPSA) is 9.23 Å². The minimum atomic E-state index is 0.231. The second-order valence-corrected chi connectivity index (χ2v) is 5.17. The first-order valence-electron chi connectivity index (χ1n) is 6.93. The van der Waals surface area contributed by atoms with E-state index >= 15 is 0 Å². The molecule has 1 aliphatic rings. The zero-order valence-corrected chi connectivity index (χ0v) is 11.0. The summed E-state index contributed by atoms with van der Waals surface area (Å²) in [4.78, 5) is 0. The molecule has 4 rings (SSSR count). The average molecular weight is 248 g/mol. The number of hydrogen-bond donors (Lipinski definition) is 0. The van der Waals surface area contributed by atoms with E-state index in [9.17, 15) is 0 Å². The Morgan fingerprint density at radius 2 is 1.89 bits per heavy atom. The predicted molar refractivity (Wildman–Crippen MR) is 79.5 cm³/mol. The number of benzene rings is 3. The molecule has 0 fully saturated rings. The molecule has 1 nitrogen and oxygen atoms in total. The van der Waals surface area contributed by atoms with Crippen molar-refractivity contribution < 1.29 is 4.74 Å². The molecule has 1 aliphatic carbocycles. The lowest BCUT2D eigenvalue weighted by Gasteiger charge is -2.10. The Morgan fingerprint density at radius 1 is 1.05 bits per heavy atom. The molecule has 94 valence electrons. The Balaban J connectivity index is 2.10. The summed E-state index contributed by atoms with van der Waals surface area (Å²) in [6, 6.07) is 17.5. The summed E-state index contributed by atoms with van der Waals surface area (Å²) >= 11 is 0. The quantitative estimate of drug-likeness (QED) is 0.601. The maximum Gasteiger partial charge on any atom is 0.0871 e. The zero-order valence-electron chi connectivity index (χ0n) is 11.0. The van der Waals surface area contributed by atoms with Crippen LogP contribution in [0.5, 0.6) is 0 Å². The van der Waals surface area contributed by atoms with E-state index in [0.29, 0.717) is 0 Å². The van der Waals surface area contributed by atoms with Crippen molar-refractivity contribution in [2.45, 2.75) is 19.4 Å². The van der Waals surface area contributed by atoms with Gasteiger partial charge in [0.15, 0.2) is 0 Å². The van der Waals surface area contributed by atoms with E-state index in [2.05, 4.69) is 55.5 Å². The Kier molecular flexibility index (Phi) is 2.36. The molecule has 0 bridgehead atoms. The highest BCUT2D eigenvalue weighted by molar-refractivity contribution is 6.05. The van der Waals surface area contributed by atoms with Crippen molar-refractivity contribution in [3.05, 3.63) is 59.7 Å². The molecule has 0 heterocycles. The van der Waals surface area contributed by atoms with Crippen LogP contribution in [0.2, 0.25) is 0 Å². The van der Waals surface area contributed by atoms with Crippen LogP contribution in [0.3, 0.4) is 0 Å². The third-order valence-corrected chi connectivity index (χ3v) is 4.13. The molecule has 1 heteroatoms. The van der Waals surface area contributed by atoms with Crippen molar-refractivity contribution in [2.75, 3.05) is 6.61 Å². The van der Waals surface area contributed by atoms with Gasteiger partial charge in [-0.2, -0.15) is 0 Å². The highest BCUT2D eigenvalue weighted by Gasteiger charge is 2.26. The molecule has 0 N–H and O–H groups in total. The van der Waals surface area contributed by atoms with Crippen LogP contribution in [0.25, 0.3) is 21.5 Å². The summed E-state index contributed by atoms with van der Waals surface area (Å²) in [5.74, 6) is 0. The first-order chi connectivity index (χ1) is 9.38. The molecule has 19 heavy (non-hydrogen) atoms. The standard InChI is InChI=1S/C18H16O/c1-2-19-17-11-16-14-8-4-3-6-12(14)10-13-7-5-9-15(17)18(13)16/h3-10,17H,2,11H2,1H3. The highest BCUT2D eigenvalue weighted by Crippen LogP contribution is 2.42. The minimum Gasteiger partial charge on any atom is -0.373 e. The van der Waals surface area contributed by atoms with Crippen LogP contribution in [0.1, 0.15) is 24.2 Å². The number of fused-ring (bicyclic) bond motifs is 2. The first-order valence-corrected chi connectivity index (χ1v) is 6.93. The maximum atomic E-state index is 5.92. The van der Waals surface area contributed by atoms with Crippen LogP contribution in [-0.2, 0) is 11.2 Å². The normalized spacial score (nSPS) is 17.4. The van der Waals surface area contributed by atoms with E-state index in [1.807, 2.05) is 0 Å². The SMILES string of the molecule is CCOC1Cc2c3ccccc3cc3cccc1c23. The van der Waals surface area contributed by atoms with Crippen molar-refractivity contribution in [3.63, 3.8) is 0 Å². The average Bonchev–Trinajstić information content (AvgIpc) is 2.81. The van der Waals surface area contributed by atoms with E-state index in [4.69, 9.17) is 4.74 Å². The van der Waals surface area contributed by atoms with Gasteiger partial charge in [0.2, 0.25) is 0 Å². The summed E-state index contributed by atoms with van der Waals surface area (Å²) in [6.45, 7) is 2.84. The summed E-state index contributed by atoms with van der Waals surface area (Å²) in [5.41, 5.74) is 2.82.